The standard InChI is InChI=1S/C20H33BrN2O4/c1-6-25-18(26-7-2)14-23-19(24)22-11-8-12-27-17-10-9-15(13-16(17)21)20(3,4)5/h9-10,13,18H,6-8,11-12,14H2,1-5H3,(H2,22,23,24). The largest absolute Gasteiger partial charge is 0.492 e. The summed E-state index contributed by atoms with van der Waals surface area (Å²) in [5.41, 5.74) is 1.35. The van der Waals surface area contributed by atoms with Gasteiger partial charge in [0.25, 0.3) is 0 Å². The third kappa shape index (κ3) is 9.44. The van der Waals surface area contributed by atoms with Crippen molar-refractivity contribution in [3.05, 3.63) is 28.2 Å². The zero-order chi connectivity index (χ0) is 20.3. The lowest BCUT2D eigenvalue weighted by Crippen LogP contribution is -2.41. The molecule has 0 saturated carbocycles. The first-order valence-corrected chi connectivity index (χ1v) is 10.2. The molecule has 0 bridgehead atoms. The SMILES string of the molecule is CCOC(CNC(=O)NCCCOc1ccc(C(C)(C)C)cc1Br)OCC. The summed E-state index contributed by atoms with van der Waals surface area (Å²) in [6, 6.07) is 5.91. The summed E-state index contributed by atoms with van der Waals surface area (Å²) in [6.07, 6.45) is 0.295. The van der Waals surface area contributed by atoms with E-state index in [1.807, 2.05) is 19.9 Å². The molecule has 0 aliphatic heterocycles. The van der Waals surface area contributed by atoms with E-state index < -0.39 is 6.29 Å². The van der Waals surface area contributed by atoms with E-state index in [0.29, 0.717) is 39.3 Å². The molecule has 154 valence electrons. The predicted octanol–water partition coefficient (Wildman–Crippen LogP) is 4.21. The molecule has 0 saturated heterocycles. The van der Waals surface area contributed by atoms with Crippen LogP contribution in [0.25, 0.3) is 0 Å². The van der Waals surface area contributed by atoms with Crippen molar-refractivity contribution in [2.45, 2.75) is 52.7 Å². The lowest BCUT2D eigenvalue weighted by atomic mass is 9.87. The van der Waals surface area contributed by atoms with Gasteiger partial charge in [0.15, 0.2) is 6.29 Å². The average molecular weight is 445 g/mol. The van der Waals surface area contributed by atoms with Crippen molar-refractivity contribution in [3.8, 4) is 5.75 Å². The molecule has 0 spiro atoms. The fourth-order valence-corrected chi connectivity index (χ4v) is 2.81. The summed E-state index contributed by atoms with van der Waals surface area (Å²) in [4.78, 5) is 11.8. The van der Waals surface area contributed by atoms with Crippen molar-refractivity contribution in [3.63, 3.8) is 0 Å². The van der Waals surface area contributed by atoms with Crippen molar-refractivity contribution in [2.24, 2.45) is 0 Å². The number of carbonyl (C=O) groups excluding carboxylic acids is 1. The van der Waals surface area contributed by atoms with Crippen LogP contribution in [0.4, 0.5) is 4.79 Å². The number of benzene rings is 1. The number of ether oxygens (including phenoxy) is 3. The van der Waals surface area contributed by atoms with Crippen molar-refractivity contribution < 1.29 is 19.0 Å². The van der Waals surface area contributed by atoms with Crippen LogP contribution in [0.2, 0.25) is 0 Å². The molecular weight excluding hydrogens is 412 g/mol. The Labute approximate surface area is 171 Å². The second-order valence-electron chi connectivity index (χ2n) is 7.07. The number of nitrogens with one attached hydrogen (secondary N) is 2. The summed E-state index contributed by atoms with van der Waals surface area (Å²) < 4.78 is 17.5. The van der Waals surface area contributed by atoms with Gasteiger partial charge >= 0.3 is 6.03 Å². The first-order chi connectivity index (χ1) is 12.8. The Bertz CT molecular complexity index is 570. The van der Waals surface area contributed by atoms with Crippen LogP contribution < -0.4 is 15.4 Å². The minimum Gasteiger partial charge on any atom is -0.492 e. The molecule has 1 aromatic rings. The highest BCUT2D eigenvalue weighted by molar-refractivity contribution is 9.10. The molecule has 0 aromatic heterocycles. The van der Waals surface area contributed by atoms with Gasteiger partial charge in [-0.3, -0.25) is 0 Å². The Hall–Kier alpha value is -1.31. The van der Waals surface area contributed by atoms with Gasteiger partial charge < -0.3 is 24.8 Å². The van der Waals surface area contributed by atoms with Crippen molar-refractivity contribution in [1.29, 1.82) is 0 Å². The van der Waals surface area contributed by atoms with Crippen molar-refractivity contribution in [2.75, 3.05) is 32.9 Å². The zero-order valence-corrected chi connectivity index (χ0v) is 18.6. The number of urea groups is 1. The van der Waals surface area contributed by atoms with Gasteiger partial charge in [0.2, 0.25) is 0 Å². The van der Waals surface area contributed by atoms with E-state index in [1.54, 1.807) is 0 Å². The average Bonchev–Trinajstić information content (AvgIpc) is 2.60. The molecule has 0 heterocycles. The summed E-state index contributed by atoms with van der Waals surface area (Å²) in [5.74, 6) is 0.809. The molecule has 1 aromatic carbocycles. The molecule has 6 nitrogen and oxygen atoms in total. The lowest BCUT2D eigenvalue weighted by Gasteiger charge is -2.20. The third-order valence-electron chi connectivity index (χ3n) is 3.80. The zero-order valence-electron chi connectivity index (χ0n) is 17.1. The Morgan fingerprint density at radius 1 is 1.15 bits per heavy atom. The Morgan fingerprint density at radius 2 is 1.81 bits per heavy atom. The maximum Gasteiger partial charge on any atom is 0.314 e. The molecule has 7 heteroatoms. The Balaban J connectivity index is 2.26. The summed E-state index contributed by atoms with van der Waals surface area (Å²) in [7, 11) is 0. The number of hydrogen-bond acceptors (Lipinski definition) is 4. The van der Waals surface area contributed by atoms with Crippen molar-refractivity contribution >= 4 is 22.0 Å². The number of halogens is 1. The minimum absolute atomic E-state index is 0.0989. The van der Waals surface area contributed by atoms with E-state index in [-0.39, 0.29) is 11.4 Å². The highest BCUT2D eigenvalue weighted by Crippen LogP contribution is 2.31. The summed E-state index contributed by atoms with van der Waals surface area (Å²) >= 11 is 3.56. The van der Waals surface area contributed by atoms with Crippen molar-refractivity contribution in [1.82, 2.24) is 10.6 Å². The maximum atomic E-state index is 11.8. The third-order valence-corrected chi connectivity index (χ3v) is 4.42. The van der Waals surface area contributed by atoms with Crippen LogP contribution in [0.5, 0.6) is 5.75 Å². The first-order valence-electron chi connectivity index (χ1n) is 9.45. The van der Waals surface area contributed by atoms with Crippen LogP contribution in [0.15, 0.2) is 22.7 Å². The number of rotatable bonds is 11. The second kappa shape index (κ2) is 12.2. The number of hydrogen-bond donors (Lipinski definition) is 2. The summed E-state index contributed by atoms with van der Waals surface area (Å²) in [5, 5.41) is 5.54. The van der Waals surface area contributed by atoms with Gasteiger partial charge in [-0.15, -0.1) is 0 Å². The molecule has 27 heavy (non-hydrogen) atoms. The second-order valence-corrected chi connectivity index (χ2v) is 7.93. The first kappa shape index (κ1) is 23.7. The van der Waals surface area contributed by atoms with Gasteiger partial charge in [-0.1, -0.05) is 26.8 Å². The number of carbonyl (C=O) groups is 1. The molecule has 2 N–H and O–H groups in total. The van der Waals surface area contributed by atoms with Crippen LogP contribution in [0.1, 0.15) is 46.6 Å². The van der Waals surface area contributed by atoms with Crippen LogP contribution in [0, 0.1) is 0 Å². The molecule has 0 aliphatic rings. The van der Waals surface area contributed by atoms with Crippen LogP contribution in [0.3, 0.4) is 0 Å². The molecule has 0 unspecified atom stereocenters. The topological polar surface area (TPSA) is 68.8 Å². The van der Waals surface area contributed by atoms with E-state index in [1.165, 1.54) is 5.56 Å². The highest BCUT2D eigenvalue weighted by Gasteiger charge is 2.15. The van der Waals surface area contributed by atoms with E-state index in [4.69, 9.17) is 14.2 Å². The van der Waals surface area contributed by atoms with E-state index in [2.05, 4.69) is 59.5 Å². The van der Waals surface area contributed by atoms with Gasteiger partial charge in [-0.2, -0.15) is 0 Å². The van der Waals surface area contributed by atoms with E-state index in [0.717, 1.165) is 10.2 Å². The van der Waals surface area contributed by atoms with E-state index >= 15 is 0 Å². The molecule has 0 atom stereocenters. The molecule has 2 amide bonds. The molecular formula is C20H33BrN2O4. The molecule has 0 radical (unpaired) electrons. The Morgan fingerprint density at radius 3 is 2.37 bits per heavy atom. The normalized spacial score (nSPS) is 11.5. The number of amides is 2. The minimum atomic E-state index is -0.414. The van der Waals surface area contributed by atoms with Gasteiger partial charge in [-0.25, -0.2) is 4.79 Å². The lowest BCUT2D eigenvalue weighted by molar-refractivity contribution is -0.131. The Kier molecular flexibility index (Phi) is 10.7. The molecule has 0 fully saturated rings. The fraction of sp³-hybridized carbons (Fsp3) is 0.650. The predicted molar refractivity (Wildman–Crippen MR) is 111 cm³/mol. The maximum absolute atomic E-state index is 11.8. The van der Waals surface area contributed by atoms with Gasteiger partial charge in [0.05, 0.1) is 17.6 Å². The monoisotopic (exact) mass is 444 g/mol. The quantitative estimate of drug-likeness (QED) is 0.396. The van der Waals surface area contributed by atoms with Gasteiger partial charge in [-0.05, 0) is 59.3 Å². The highest BCUT2D eigenvalue weighted by atomic mass is 79.9. The molecule has 1 rings (SSSR count). The van der Waals surface area contributed by atoms with E-state index in [9.17, 15) is 4.79 Å². The smallest absolute Gasteiger partial charge is 0.314 e. The van der Waals surface area contributed by atoms with Crippen LogP contribution in [-0.2, 0) is 14.9 Å². The van der Waals surface area contributed by atoms with Gasteiger partial charge in [0.1, 0.15) is 5.75 Å². The van der Waals surface area contributed by atoms with Gasteiger partial charge in [0, 0.05) is 19.8 Å². The summed E-state index contributed by atoms with van der Waals surface area (Å²) in [6.45, 7) is 12.8. The van der Waals surface area contributed by atoms with Crippen LogP contribution >= 0.6 is 15.9 Å². The fourth-order valence-electron chi connectivity index (χ4n) is 2.32. The van der Waals surface area contributed by atoms with Crippen LogP contribution in [-0.4, -0.2) is 45.2 Å². The molecule has 0 aliphatic carbocycles.